The number of rotatable bonds is 10. The molecule has 1 N–H and O–H groups in total. The number of nitrogens with one attached hydrogen (secondary N) is 1. The van der Waals surface area contributed by atoms with Gasteiger partial charge in [0.1, 0.15) is 5.75 Å². The zero-order chi connectivity index (χ0) is 20.5. The number of amides is 1. The van der Waals surface area contributed by atoms with E-state index in [1.807, 2.05) is 45.9 Å². The summed E-state index contributed by atoms with van der Waals surface area (Å²) in [6, 6.07) is 12.5. The van der Waals surface area contributed by atoms with Gasteiger partial charge >= 0.3 is 0 Å². The van der Waals surface area contributed by atoms with Crippen LogP contribution in [-0.2, 0) is 4.79 Å². The molecule has 0 aliphatic rings. The lowest BCUT2D eigenvalue weighted by atomic mass is 10.1. The average Bonchev–Trinajstić information content (AvgIpc) is 2.67. The Labute approximate surface area is 171 Å². The lowest BCUT2D eigenvalue weighted by Gasteiger charge is -2.21. The highest BCUT2D eigenvalue weighted by molar-refractivity contribution is 6.30. The van der Waals surface area contributed by atoms with Crippen LogP contribution < -0.4 is 19.5 Å². The minimum absolute atomic E-state index is 0.179. The zero-order valence-electron chi connectivity index (χ0n) is 16.8. The van der Waals surface area contributed by atoms with Crippen LogP contribution in [0.3, 0.4) is 0 Å². The fourth-order valence-corrected chi connectivity index (χ4v) is 2.93. The first-order valence-corrected chi connectivity index (χ1v) is 9.98. The molecule has 0 aliphatic heterocycles. The fraction of sp³-hybridized carbons (Fsp3) is 0.409. The molecule has 2 rings (SSSR count). The molecule has 2 aromatic carbocycles. The fourth-order valence-electron chi connectivity index (χ4n) is 2.75. The molecular formula is C22H28ClNO4. The maximum atomic E-state index is 12.7. The number of hydrogen-bond donors (Lipinski definition) is 1. The SMILES string of the molecule is CCOc1ccc([C@@H](C)NC(=O)[C@H](CC)Oc2cccc(Cl)c2)cc1OCC. The van der Waals surface area contributed by atoms with E-state index in [1.54, 1.807) is 24.3 Å². The molecule has 5 nitrogen and oxygen atoms in total. The largest absolute Gasteiger partial charge is 0.490 e. The smallest absolute Gasteiger partial charge is 0.261 e. The Kier molecular flexibility index (Phi) is 8.45. The third-order valence-electron chi connectivity index (χ3n) is 4.16. The first-order valence-electron chi connectivity index (χ1n) is 9.60. The third-order valence-corrected chi connectivity index (χ3v) is 4.40. The molecule has 1 amide bonds. The molecule has 0 unspecified atom stereocenters. The van der Waals surface area contributed by atoms with Gasteiger partial charge in [-0.15, -0.1) is 0 Å². The normalized spacial score (nSPS) is 12.8. The van der Waals surface area contributed by atoms with E-state index in [1.165, 1.54) is 0 Å². The predicted molar refractivity (Wildman–Crippen MR) is 111 cm³/mol. The Morgan fingerprint density at radius 3 is 2.39 bits per heavy atom. The lowest BCUT2D eigenvalue weighted by molar-refractivity contribution is -0.128. The Bertz CT molecular complexity index is 781. The van der Waals surface area contributed by atoms with Crippen molar-refractivity contribution < 1.29 is 19.0 Å². The van der Waals surface area contributed by atoms with Crippen molar-refractivity contribution in [1.82, 2.24) is 5.32 Å². The Morgan fingerprint density at radius 2 is 1.75 bits per heavy atom. The zero-order valence-corrected chi connectivity index (χ0v) is 17.6. The van der Waals surface area contributed by atoms with Crippen molar-refractivity contribution in [3.63, 3.8) is 0 Å². The number of carbonyl (C=O) groups is 1. The number of halogens is 1. The van der Waals surface area contributed by atoms with Gasteiger partial charge in [0.2, 0.25) is 0 Å². The van der Waals surface area contributed by atoms with Gasteiger partial charge in [0.05, 0.1) is 19.3 Å². The van der Waals surface area contributed by atoms with Crippen molar-refractivity contribution in [2.75, 3.05) is 13.2 Å². The molecule has 0 bridgehead atoms. The van der Waals surface area contributed by atoms with E-state index in [2.05, 4.69) is 5.32 Å². The second-order valence-corrected chi connectivity index (χ2v) is 6.71. The Morgan fingerprint density at radius 1 is 1.04 bits per heavy atom. The molecule has 0 spiro atoms. The summed E-state index contributed by atoms with van der Waals surface area (Å²) in [7, 11) is 0. The van der Waals surface area contributed by atoms with Crippen LogP contribution in [0.5, 0.6) is 17.2 Å². The maximum absolute atomic E-state index is 12.7. The molecule has 28 heavy (non-hydrogen) atoms. The summed E-state index contributed by atoms with van der Waals surface area (Å²) in [5.41, 5.74) is 0.929. The highest BCUT2D eigenvalue weighted by Crippen LogP contribution is 2.31. The summed E-state index contributed by atoms with van der Waals surface area (Å²) in [5, 5.41) is 3.58. The summed E-state index contributed by atoms with van der Waals surface area (Å²) in [6.07, 6.45) is -0.0617. The first kappa shape index (κ1) is 21.9. The van der Waals surface area contributed by atoms with E-state index in [-0.39, 0.29) is 11.9 Å². The molecule has 6 heteroatoms. The van der Waals surface area contributed by atoms with Gasteiger partial charge in [-0.1, -0.05) is 30.7 Å². The lowest BCUT2D eigenvalue weighted by Crippen LogP contribution is -2.39. The van der Waals surface area contributed by atoms with Gasteiger partial charge in [-0.2, -0.15) is 0 Å². The molecule has 0 heterocycles. The molecular weight excluding hydrogens is 378 g/mol. The topological polar surface area (TPSA) is 56.8 Å². The van der Waals surface area contributed by atoms with Gasteiger partial charge in [0.15, 0.2) is 17.6 Å². The molecule has 152 valence electrons. The third kappa shape index (κ3) is 6.06. The van der Waals surface area contributed by atoms with Gasteiger partial charge in [-0.3, -0.25) is 4.79 Å². The minimum atomic E-state index is -0.602. The molecule has 0 aliphatic carbocycles. The predicted octanol–water partition coefficient (Wildman–Crippen LogP) is 5.17. The number of ether oxygens (including phenoxy) is 3. The van der Waals surface area contributed by atoms with E-state index in [9.17, 15) is 4.79 Å². The van der Waals surface area contributed by atoms with Crippen LogP contribution in [0.1, 0.15) is 45.7 Å². The van der Waals surface area contributed by atoms with E-state index in [0.29, 0.717) is 41.9 Å². The van der Waals surface area contributed by atoms with Crippen LogP contribution in [-0.4, -0.2) is 25.2 Å². The van der Waals surface area contributed by atoms with Crippen LogP contribution in [0.25, 0.3) is 0 Å². The van der Waals surface area contributed by atoms with E-state index < -0.39 is 6.10 Å². The van der Waals surface area contributed by atoms with Gasteiger partial charge in [0, 0.05) is 5.02 Å². The number of benzene rings is 2. The van der Waals surface area contributed by atoms with Crippen LogP contribution >= 0.6 is 11.6 Å². The van der Waals surface area contributed by atoms with E-state index in [4.69, 9.17) is 25.8 Å². The van der Waals surface area contributed by atoms with E-state index in [0.717, 1.165) is 5.56 Å². The average molecular weight is 406 g/mol. The summed E-state index contributed by atoms with van der Waals surface area (Å²) in [6.45, 7) is 8.78. The minimum Gasteiger partial charge on any atom is -0.490 e. The summed E-state index contributed by atoms with van der Waals surface area (Å²) in [5.74, 6) is 1.76. The van der Waals surface area contributed by atoms with Crippen molar-refractivity contribution in [1.29, 1.82) is 0 Å². The molecule has 0 radical (unpaired) electrons. The van der Waals surface area contributed by atoms with Crippen molar-refractivity contribution in [2.24, 2.45) is 0 Å². The first-order chi connectivity index (χ1) is 13.5. The monoisotopic (exact) mass is 405 g/mol. The highest BCUT2D eigenvalue weighted by atomic mass is 35.5. The van der Waals surface area contributed by atoms with Crippen molar-refractivity contribution in [3.8, 4) is 17.2 Å². The summed E-state index contributed by atoms with van der Waals surface area (Å²) in [4.78, 5) is 12.7. The molecule has 2 atom stereocenters. The summed E-state index contributed by atoms with van der Waals surface area (Å²) < 4.78 is 17.1. The molecule has 0 saturated heterocycles. The Hall–Kier alpha value is -2.40. The quantitative estimate of drug-likeness (QED) is 0.592. The molecule has 0 saturated carbocycles. The van der Waals surface area contributed by atoms with Gasteiger partial charge in [0.25, 0.3) is 5.91 Å². The van der Waals surface area contributed by atoms with Gasteiger partial charge in [-0.05, 0) is 63.1 Å². The van der Waals surface area contributed by atoms with Crippen LogP contribution in [0.15, 0.2) is 42.5 Å². The van der Waals surface area contributed by atoms with Crippen LogP contribution in [0.4, 0.5) is 0 Å². The maximum Gasteiger partial charge on any atom is 0.261 e. The van der Waals surface area contributed by atoms with E-state index >= 15 is 0 Å². The molecule has 0 aromatic heterocycles. The van der Waals surface area contributed by atoms with Gasteiger partial charge < -0.3 is 19.5 Å². The van der Waals surface area contributed by atoms with Crippen molar-refractivity contribution in [2.45, 2.75) is 46.3 Å². The number of hydrogen-bond acceptors (Lipinski definition) is 4. The second-order valence-electron chi connectivity index (χ2n) is 6.27. The van der Waals surface area contributed by atoms with Crippen LogP contribution in [0, 0.1) is 0 Å². The Balaban J connectivity index is 2.08. The molecule has 2 aromatic rings. The van der Waals surface area contributed by atoms with Crippen molar-refractivity contribution in [3.05, 3.63) is 53.1 Å². The van der Waals surface area contributed by atoms with Crippen LogP contribution in [0.2, 0.25) is 5.02 Å². The number of carbonyl (C=O) groups excluding carboxylic acids is 1. The summed E-state index contributed by atoms with van der Waals surface area (Å²) >= 11 is 5.99. The standard InChI is InChI=1S/C22H28ClNO4/c1-5-19(28-18-10-8-9-17(23)14-18)22(25)24-15(4)16-11-12-20(26-6-2)21(13-16)27-7-3/h8-15,19H,5-7H2,1-4H3,(H,24,25)/t15-,19+/m1/s1. The van der Waals surface area contributed by atoms with Gasteiger partial charge in [-0.25, -0.2) is 0 Å². The highest BCUT2D eigenvalue weighted by Gasteiger charge is 2.21. The molecule has 0 fully saturated rings. The second kappa shape index (κ2) is 10.8. The van der Waals surface area contributed by atoms with Crippen molar-refractivity contribution >= 4 is 17.5 Å².